The van der Waals surface area contributed by atoms with Gasteiger partial charge in [-0.3, -0.25) is 0 Å². The van der Waals surface area contributed by atoms with Crippen LogP contribution in [0.5, 0.6) is 0 Å². The molecule has 14 heavy (non-hydrogen) atoms. The third-order valence-corrected chi connectivity index (χ3v) is 2.00. The molecule has 0 saturated heterocycles. The Morgan fingerprint density at radius 2 is 1.57 bits per heavy atom. The molecule has 1 aromatic rings. The Balaban J connectivity index is 0.00000169. The minimum atomic E-state index is -0.875. The summed E-state index contributed by atoms with van der Waals surface area (Å²) in [4.78, 5) is 10.6. The maximum atomic E-state index is 10.6. The fourth-order valence-electron chi connectivity index (χ4n) is 1.11. The van der Waals surface area contributed by atoms with Gasteiger partial charge in [0.25, 0.3) is 0 Å². The molecule has 0 fully saturated rings. The van der Waals surface area contributed by atoms with Crippen LogP contribution >= 0.6 is 0 Å². The Labute approximate surface area is 125 Å². The topological polar surface area (TPSA) is 37.3 Å². The molecular formula is C11H16BaO2. The second-order valence-corrected chi connectivity index (χ2v) is 4.13. The molecule has 0 atom stereocenters. The standard InChI is InChI=1S/C11H14O2.Ba.2H/c1-11(2,3)9-6-4-8(5-7-9)10(12)13;;;/h4-7H,1-3H3,(H,12,13);;;. The first kappa shape index (κ1) is 14.3. The van der Waals surface area contributed by atoms with Gasteiger partial charge in [0.15, 0.2) is 0 Å². The van der Waals surface area contributed by atoms with Crippen LogP contribution in [0.3, 0.4) is 0 Å². The third-order valence-electron chi connectivity index (χ3n) is 2.00. The SMILES string of the molecule is CC(C)(C)c1ccc(C(=O)O)cc1.[BaH2]. The van der Waals surface area contributed by atoms with E-state index in [1.807, 2.05) is 12.1 Å². The summed E-state index contributed by atoms with van der Waals surface area (Å²) < 4.78 is 0. The molecule has 0 heterocycles. The second-order valence-electron chi connectivity index (χ2n) is 4.13. The Hall–Kier alpha value is 0.261. The molecule has 0 aromatic heterocycles. The molecule has 1 N–H and O–H groups in total. The van der Waals surface area contributed by atoms with Crippen molar-refractivity contribution < 1.29 is 9.90 Å². The predicted molar refractivity (Wildman–Crippen MR) is 60.6 cm³/mol. The van der Waals surface area contributed by atoms with Crippen LogP contribution in [0.1, 0.15) is 36.7 Å². The fourth-order valence-corrected chi connectivity index (χ4v) is 1.11. The van der Waals surface area contributed by atoms with Gasteiger partial charge >= 0.3 is 54.9 Å². The molecule has 0 amide bonds. The van der Waals surface area contributed by atoms with Gasteiger partial charge in [-0.25, -0.2) is 4.79 Å². The minimum absolute atomic E-state index is 0. The molecule has 0 aliphatic heterocycles. The van der Waals surface area contributed by atoms with Crippen LogP contribution in [0.15, 0.2) is 24.3 Å². The van der Waals surface area contributed by atoms with Crippen LogP contribution in [-0.2, 0) is 5.41 Å². The zero-order valence-corrected chi connectivity index (χ0v) is 8.16. The monoisotopic (exact) mass is 318 g/mol. The van der Waals surface area contributed by atoms with Gasteiger partial charge in [-0.15, -0.1) is 0 Å². The Kier molecular flexibility index (Phi) is 5.47. The fraction of sp³-hybridized carbons (Fsp3) is 0.364. The zero-order chi connectivity index (χ0) is 10.1. The van der Waals surface area contributed by atoms with E-state index in [1.54, 1.807) is 12.1 Å². The first-order chi connectivity index (χ1) is 5.91. The van der Waals surface area contributed by atoms with E-state index in [2.05, 4.69) is 20.8 Å². The normalized spacial score (nSPS) is 10.5. The van der Waals surface area contributed by atoms with Gasteiger partial charge in [0.2, 0.25) is 0 Å². The number of carbonyl (C=O) groups is 1. The molecule has 3 heteroatoms. The molecule has 0 aliphatic rings. The van der Waals surface area contributed by atoms with E-state index in [1.165, 1.54) is 0 Å². The van der Waals surface area contributed by atoms with Crippen LogP contribution in [0, 0.1) is 0 Å². The van der Waals surface area contributed by atoms with Gasteiger partial charge in [-0.1, -0.05) is 32.9 Å². The molecule has 0 unspecified atom stereocenters. The van der Waals surface area contributed by atoms with Crippen molar-refractivity contribution in [2.75, 3.05) is 0 Å². The van der Waals surface area contributed by atoms with Crippen LogP contribution in [-0.4, -0.2) is 60.0 Å². The van der Waals surface area contributed by atoms with Crippen molar-refractivity contribution in [3.63, 3.8) is 0 Å². The molecule has 0 saturated carbocycles. The van der Waals surface area contributed by atoms with Crippen LogP contribution < -0.4 is 0 Å². The molecule has 0 spiro atoms. The van der Waals surface area contributed by atoms with E-state index in [0.717, 1.165) is 5.56 Å². The number of aromatic carboxylic acids is 1. The number of carboxylic acids is 1. The summed E-state index contributed by atoms with van der Waals surface area (Å²) in [5.74, 6) is -0.875. The van der Waals surface area contributed by atoms with Gasteiger partial charge in [0, 0.05) is 0 Å². The number of rotatable bonds is 1. The first-order valence-corrected chi connectivity index (χ1v) is 4.25. The van der Waals surface area contributed by atoms with Gasteiger partial charge in [-0.05, 0) is 23.1 Å². The summed E-state index contributed by atoms with van der Waals surface area (Å²) in [6.45, 7) is 6.30. The van der Waals surface area contributed by atoms with Crippen molar-refractivity contribution in [3.8, 4) is 0 Å². The van der Waals surface area contributed by atoms with E-state index in [4.69, 9.17) is 5.11 Å². The molecular weight excluding hydrogens is 301 g/mol. The summed E-state index contributed by atoms with van der Waals surface area (Å²) >= 11 is 0. The summed E-state index contributed by atoms with van der Waals surface area (Å²) in [6, 6.07) is 7.01. The Morgan fingerprint density at radius 3 is 1.86 bits per heavy atom. The third kappa shape index (κ3) is 3.79. The van der Waals surface area contributed by atoms with E-state index >= 15 is 0 Å². The van der Waals surface area contributed by atoms with E-state index in [0.29, 0.717) is 5.56 Å². The summed E-state index contributed by atoms with van der Waals surface area (Å²) in [7, 11) is 0. The summed E-state index contributed by atoms with van der Waals surface area (Å²) in [5.41, 5.74) is 1.57. The molecule has 1 rings (SSSR count). The van der Waals surface area contributed by atoms with Crippen molar-refractivity contribution in [2.24, 2.45) is 0 Å². The molecule has 0 radical (unpaired) electrons. The average Bonchev–Trinajstić information content (AvgIpc) is 2.03. The van der Waals surface area contributed by atoms with Crippen LogP contribution in [0.2, 0.25) is 0 Å². The van der Waals surface area contributed by atoms with Crippen molar-refractivity contribution >= 4 is 54.9 Å². The predicted octanol–water partition coefficient (Wildman–Crippen LogP) is 1.77. The molecule has 74 valence electrons. The van der Waals surface area contributed by atoms with Crippen molar-refractivity contribution in [1.29, 1.82) is 0 Å². The summed E-state index contributed by atoms with van der Waals surface area (Å²) in [5, 5.41) is 8.68. The maximum absolute atomic E-state index is 10.6. The molecule has 0 bridgehead atoms. The van der Waals surface area contributed by atoms with Gasteiger partial charge in [-0.2, -0.15) is 0 Å². The van der Waals surface area contributed by atoms with Gasteiger partial charge in [0.1, 0.15) is 0 Å². The zero-order valence-electron chi connectivity index (χ0n) is 8.16. The van der Waals surface area contributed by atoms with Crippen molar-refractivity contribution in [1.82, 2.24) is 0 Å². The average molecular weight is 318 g/mol. The Bertz CT molecular complexity index is 309. The van der Waals surface area contributed by atoms with E-state index < -0.39 is 5.97 Å². The van der Waals surface area contributed by atoms with E-state index in [-0.39, 0.29) is 54.3 Å². The first-order valence-electron chi connectivity index (χ1n) is 4.25. The Morgan fingerprint density at radius 1 is 1.14 bits per heavy atom. The number of hydrogen-bond donors (Lipinski definition) is 1. The second kappa shape index (κ2) is 5.37. The molecule has 2 nitrogen and oxygen atoms in total. The quantitative estimate of drug-likeness (QED) is 0.802. The van der Waals surface area contributed by atoms with Crippen LogP contribution in [0.25, 0.3) is 0 Å². The van der Waals surface area contributed by atoms with E-state index in [9.17, 15) is 4.79 Å². The van der Waals surface area contributed by atoms with Gasteiger partial charge < -0.3 is 5.11 Å². The summed E-state index contributed by atoms with van der Waals surface area (Å²) in [6.07, 6.45) is 0. The van der Waals surface area contributed by atoms with Crippen LogP contribution in [0.4, 0.5) is 0 Å². The number of hydrogen-bond acceptors (Lipinski definition) is 1. The van der Waals surface area contributed by atoms with Crippen molar-refractivity contribution in [3.05, 3.63) is 35.4 Å². The number of benzene rings is 1. The van der Waals surface area contributed by atoms with Gasteiger partial charge in [0.05, 0.1) is 5.56 Å². The van der Waals surface area contributed by atoms with Crippen molar-refractivity contribution in [2.45, 2.75) is 26.2 Å². The number of carboxylic acid groups (broad SMARTS) is 1. The molecule has 1 aromatic carbocycles. The molecule has 0 aliphatic carbocycles.